The van der Waals surface area contributed by atoms with Crippen LogP contribution in [-0.4, -0.2) is 24.4 Å². The molecule has 0 radical (unpaired) electrons. The Balaban J connectivity index is 1.63. The van der Waals surface area contributed by atoms with Gasteiger partial charge in [-0.1, -0.05) is 38.0 Å². The highest BCUT2D eigenvalue weighted by molar-refractivity contribution is 5.97. The number of hydrogen-bond donors (Lipinski definition) is 0. The molecular formula is C25H27F5O2. The fraction of sp³-hybridized carbons (Fsp3) is 0.480. The van der Waals surface area contributed by atoms with Crippen LogP contribution in [0.4, 0.5) is 22.0 Å². The molecule has 1 fully saturated rings. The largest absolute Gasteiger partial charge is 0.459 e. The number of halogens is 5. The number of benzene rings is 2. The number of esters is 1. The lowest BCUT2D eigenvalue weighted by molar-refractivity contribution is 0.0118. The first-order valence-electron chi connectivity index (χ1n) is 11.0. The first-order chi connectivity index (χ1) is 15.2. The van der Waals surface area contributed by atoms with Crippen molar-refractivity contribution < 1.29 is 31.5 Å². The lowest BCUT2D eigenvalue weighted by atomic mass is 9.76. The molecule has 3 rings (SSSR count). The molecule has 0 N–H and O–H groups in total. The van der Waals surface area contributed by atoms with Crippen molar-refractivity contribution in [3.63, 3.8) is 0 Å². The fourth-order valence-electron chi connectivity index (χ4n) is 4.26. The molecular weight excluding hydrogens is 427 g/mol. The number of alkyl halides is 2. The summed E-state index contributed by atoms with van der Waals surface area (Å²) in [6.07, 6.45) is 2.17. The van der Waals surface area contributed by atoms with Gasteiger partial charge >= 0.3 is 5.97 Å². The third-order valence-corrected chi connectivity index (χ3v) is 6.23. The minimum Gasteiger partial charge on any atom is -0.459 e. The van der Waals surface area contributed by atoms with Crippen LogP contribution in [0.5, 0.6) is 0 Å². The summed E-state index contributed by atoms with van der Waals surface area (Å²) in [5.74, 6) is -5.61. The van der Waals surface area contributed by atoms with Crippen molar-refractivity contribution in [3.8, 4) is 11.1 Å². The number of carbonyl (C=O) groups is 1. The minimum absolute atomic E-state index is 0.0175. The second-order valence-electron chi connectivity index (χ2n) is 8.51. The lowest BCUT2D eigenvalue weighted by Crippen LogP contribution is -2.34. The van der Waals surface area contributed by atoms with Gasteiger partial charge in [-0.25, -0.2) is 26.7 Å². The summed E-state index contributed by atoms with van der Waals surface area (Å²) in [7, 11) is 0. The highest BCUT2D eigenvalue weighted by Gasteiger charge is 2.37. The Morgan fingerprint density at radius 1 is 1.12 bits per heavy atom. The first kappa shape index (κ1) is 24.2. The number of ether oxygens (including phenoxy) is 1. The average Bonchev–Trinajstić information content (AvgIpc) is 2.79. The number of unbranched alkanes of at least 4 members (excludes halogenated alkanes) is 1. The van der Waals surface area contributed by atoms with Crippen LogP contribution in [0.3, 0.4) is 0 Å². The standard InChI is InChI=1S/C25H27F5O2/c1-2-3-10-25(30)11-8-16(9-12-25)22(28)15-32-24(31)19-7-5-4-6-18(19)17-13-20(26)23(29)21(27)14-17/h4-7,13-14,16,22H,2-3,8-12,15H2,1H3. The molecule has 1 aliphatic rings. The Morgan fingerprint density at radius 3 is 2.38 bits per heavy atom. The van der Waals surface area contributed by atoms with Crippen molar-refractivity contribution in [1.82, 2.24) is 0 Å². The Hall–Kier alpha value is -2.44. The van der Waals surface area contributed by atoms with E-state index in [0.29, 0.717) is 32.1 Å². The van der Waals surface area contributed by atoms with Crippen LogP contribution in [0.2, 0.25) is 0 Å². The molecule has 2 nitrogen and oxygen atoms in total. The van der Waals surface area contributed by atoms with E-state index >= 15 is 0 Å². The molecule has 7 heteroatoms. The third-order valence-electron chi connectivity index (χ3n) is 6.23. The van der Waals surface area contributed by atoms with Gasteiger partial charge in [0.05, 0.1) is 5.56 Å². The van der Waals surface area contributed by atoms with Gasteiger partial charge in [0.1, 0.15) is 18.4 Å². The van der Waals surface area contributed by atoms with Crippen molar-refractivity contribution in [2.24, 2.45) is 5.92 Å². The van der Waals surface area contributed by atoms with E-state index in [9.17, 15) is 26.7 Å². The van der Waals surface area contributed by atoms with Gasteiger partial charge in [-0.15, -0.1) is 0 Å². The van der Waals surface area contributed by atoms with Crippen molar-refractivity contribution in [2.45, 2.75) is 63.7 Å². The third kappa shape index (κ3) is 5.67. The Morgan fingerprint density at radius 2 is 1.75 bits per heavy atom. The number of hydrogen-bond acceptors (Lipinski definition) is 2. The van der Waals surface area contributed by atoms with Gasteiger partial charge in [0, 0.05) is 0 Å². The van der Waals surface area contributed by atoms with Crippen molar-refractivity contribution >= 4 is 5.97 Å². The second kappa shape index (κ2) is 10.5. The summed E-state index contributed by atoms with van der Waals surface area (Å²) in [6.45, 7) is 1.51. The average molecular weight is 454 g/mol. The maximum atomic E-state index is 14.7. The Labute approximate surface area is 184 Å². The summed E-state index contributed by atoms with van der Waals surface area (Å²) >= 11 is 0. The molecule has 0 aromatic heterocycles. The number of carbonyl (C=O) groups excluding carboxylic acids is 1. The molecule has 1 atom stereocenters. The Kier molecular flexibility index (Phi) is 7.91. The van der Waals surface area contributed by atoms with Crippen LogP contribution in [0.25, 0.3) is 11.1 Å². The Bertz CT molecular complexity index is 915. The van der Waals surface area contributed by atoms with Crippen LogP contribution in [0.15, 0.2) is 36.4 Å². The van der Waals surface area contributed by atoms with E-state index in [1.54, 1.807) is 6.07 Å². The van der Waals surface area contributed by atoms with E-state index in [4.69, 9.17) is 4.74 Å². The first-order valence-corrected chi connectivity index (χ1v) is 11.0. The summed E-state index contributed by atoms with van der Waals surface area (Å²) in [5.41, 5.74) is -1.15. The second-order valence-corrected chi connectivity index (χ2v) is 8.51. The van der Waals surface area contributed by atoms with E-state index in [0.717, 1.165) is 25.0 Å². The summed E-state index contributed by atoms with van der Waals surface area (Å²) in [4.78, 5) is 12.6. The maximum absolute atomic E-state index is 14.7. The van der Waals surface area contributed by atoms with Gasteiger partial charge in [0.2, 0.25) is 0 Å². The smallest absolute Gasteiger partial charge is 0.338 e. The normalized spacial score (nSPS) is 21.9. The lowest BCUT2D eigenvalue weighted by Gasteiger charge is -2.35. The molecule has 174 valence electrons. The molecule has 0 aliphatic heterocycles. The van der Waals surface area contributed by atoms with E-state index in [1.165, 1.54) is 18.2 Å². The molecule has 1 aliphatic carbocycles. The van der Waals surface area contributed by atoms with Crippen LogP contribution in [0, 0.1) is 23.4 Å². The maximum Gasteiger partial charge on any atom is 0.338 e. The summed E-state index contributed by atoms with van der Waals surface area (Å²) in [6, 6.07) is 7.47. The van der Waals surface area contributed by atoms with Gasteiger partial charge in [0.25, 0.3) is 0 Å². The molecule has 2 aromatic carbocycles. The van der Waals surface area contributed by atoms with E-state index in [2.05, 4.69) is 0 Å². The quantitative estimate of drug-likeness (QED) is 0.237. The molecule has 1 unspecified atom stereocenters. The number of rotatable bonds is 8. The molecule has 32 heavy (non-hydrogen) atoms. The van der Waals surface area contributed by atoms with Gasteiger partial charge in [-0.3, -0.25) is 0 Å². The highest BCUT2D eigenvalue weighted by Crippen LogP contribution is 2.40. The van der Waals surface area contributed by atoms with Gasteiger partial charge < -0.3 is 4.74 Å². The van der Waals surface area contributed by atoms with Crippen molar-refractivity contribution in [3.05, 3.63) is 59.4 Å². The molecule has 1 saturated carbocycles. The monoisotopic (exact) mass is 454 g/mol. The predicted octanol–water partition coefficient (Wildman–Crippen LogP) is 7.35. The van der Waals surface area contributed by atoms with Crippen LogP contribution in [0.1, 0.15) is 62.2 Å². The zero-order valence-electron chi connectivity index (χ0n) is 18.0. The van der Waals surface area contributed by atoms with Crippen molar-refractivity contribution in [2.75, 3.05) is 6.61 Å². The highest BCUT2D eigenvalue weighted by atomic mass is 19.2. The molecule has 0 amide bonds. The van der Waals surface area contributed by atoms with E-state index < -0.39 is 41.9 Å². The van der Waals surface area contributed by atoms with Gasteiger partial charge in [-0.05, 0) is 67.3 Å². The molecule has 0 saturated heterocycles. The zero-order valence-corrected chi connectivity index (χ0v) is 18.0. The predicted molar refractivity (Wildman–Crippen MR) is 112 cm³/mol. The molecule has 2 aromatic rings. The fourth-order valence-corrected chi connectivity index (χ4v) is 4.26. The van der Waals surface area contributed by atoms with E-state index in [-0.39, 0.29) is 22.6 Å². The zero-order chi connectivity index (χ0) is 23.3. The molecule has 0 spiro atoms. The SMILES string of the molecule is CCCCC1(F)CCC(C(F)COC(=O)c2ccccc2-c2cc(F)c(F)c(F)c2)CC1. The minimum atomic E-state index is -1.60. The van der Waals surface area contributed by atoms with Crippen LogP contribution >= 0.6 is 0 Å². The van der Waals surface area contributed by atoms with Crippen LogP contribution in [-0.2, 0) is 4.74 Å². The summed E-state index contributed by atoms with van der Waals surface area (Å²) in [5, 5.41) is 0. The summed E-state index contributed by atoms with van der Waals surface area (Å²) < 4.78 is 75.1. The molecule has 0 heterocycles. The van der Waals surface area contributed by atoms with Gasteiger partial charge in [-0.2, -0.15) is 0 Å². The topological polar surface area (TPSA) is 26.3 Å². The molecule has 0 bridgehead atoms. The van der Waals surface area contributed by atoms with Gasteiger partial charge in [0.15, 0.2) is 17.5 Å². The van der Waals surface area contributed by atoms with E-state index in [1.807, 2.05) is 6.92 Å². The van der Waals surface area contributed by atoms with Crippen molar-refractivity contribution in [1.29, 1.82) is 0 Å². The van der Waals surface area contributed by atoms with Crippen LogP contribution < -0.4 is 0 Å².